The number of benzene rings is 2. The molecule has 5 heteroatoms. The first-order chi connectivity index (χ1) is 15.1. The zero-order valence-corrected chi connectivity index (χ0v) is 18.8. The molecule has 0 amide bonds. The van der Waals surface area contributed by atoms with Gasteiger partial charge < -0.3 is 19.3 Å². The lowest BCUT2D eigenvalue weighted by Gasteiger charge is -2.32. The second kappa shape index (κ2) is 8.48. The highest BCUT2D eigenvalue weighted by Crippen LogP contribution is 2.42. The van der Waals surface area contributed by atoms with Gasteiger partial charge in [0.1, 0.15) is 0 Å². The van der Waals surface area contributed by atoms with E-state index in [0.717, 1.165) is 68.0 Å². The van der Waals surface area contributed by atoms with Gasteiger partial charge in [-0.05, 0) is 49.6 Å². The Bertz CT molecular complexity index is 1100. The van der Waals surface area contributed by atoms with Gasteiger partial charge in [-0.1, -0.05) is 23.8 Å². The van der Waals surface area contributed by atoms with Crippen LogP contribution in [0.15, 0.2) is 36.5 Å². The number of hydrogen-bond acceptors (Lipinski definition) is 5. The number of likely N-dealkylation sites (N-methyl/N-ethyl adjacent to an activating group) is 1. The summed E-state index contributed by atoms with van der Waals surface area (Å²) in [6.07, 6.45) is 3.97. The molecule has 5 nitrogen and oxygen atoms in total. The lowest BCUT2D eigenvalue weighted by atomic mass is 10.0. The zero-order valence-electron chi connectivity index (χ0n) is 18.8. The molecule has 1 aliphatic heterocycles. The molecular formula is C26H31N3O2. The molecule has 2 aliphatic rings. The third-order valence-corrected chi connectivity index (χ3v) is 6.66. The summed E-state index contributed by atoms with van der Waals surface area (Å²) in [5, 5.41) is 1.16. The van der Waals surface area contributed by atoms with E-state index in [4.69, 9.17) is 14.5 Å². The minimum absolute atomic E-state index is 0.684. The number of hydrogen-bond donors (Lipinski definition) is 0. The highest BCUT2D eigenvalue weighted by Gasteiger charge is 2.22. The molecule has 1 saturated heterocycles. The van der Waals surface area contributed by atoms with E-state index >= 15 is 0 Å². The highest BCUT2D eigenvalue weighted by atomic mass is 16.5. The van der Waals surface area contributed by atoms with Crippen molar-refractivity contribution in [2.75, 3.05) is 53.5 Å². The van der Waals surface area contributed by atoms with Crippen LogP contribution in [0.4, 0.5) is 0 Å². The van der Waals surface area contributed by atoms with E-state index in [1.165, 1.54) is 27.8 Å². The Hall–Kier alpha value is -2.63. The highest BCUT2D eigenvalue weighted by molar-refractivity contribution is 5.94. The summed E-state index contributed by atoms with van der Waals surface area (Å²) in [6.45, 7) is 8.50. The van der Waals surface area contributed by atoms with Crippen LogP contribution in [0, 0.1) is 6.92 Å². The maximum absolute atomic E-state index is 6.14. The molecule has 1 fully saturated rings. The molecule has 0 spiro atoms. The lowest BCUT2D eigenvalue weighted by Crippen LogP contribution is -2.44. The number of ether oxygens (including phenoxy) is 2. The van der Waals surface area contributed by atoms with Gasteiger partial charge in [0, 0.05) is 55.9 Å². The molecule has 0 saturated carbocycles. The number of fused-ring (bicyclic) bond motifs is 5. The van der Waals surface area contributed by atoms with E-state index in [9.17, 15) is 0 Å². The quantitative estimate of drug-likeness (QED) is 0.441. The maximum atomic E-state index is 6.14. The molecule has 0 bridgehead atoms. The van der Waals surface area contributed by atoms with E-state index in [1.54, 1.807) is 7.11 Å². The third-order valence-electron chi connectivity index (χ3n) is 6.66. The fourth-order valence-electron chi connectivity index (χ4n) is 4.81. The molecule has 5 rings (SSSR count). The van der Waals surface area contributed by atoms with Crippen LogP contribution in [0.5, 0.6) is 11.5 Å². The Labute approximate surface area is 184 Å². The van der Waals surface area contributed by atoms with Gasteiger partial charge in [0.25, 0.3) is 0 Å². The average Bonchev–Trinajstić information content (AvgIpc) is 3.15. The number of rotatable bonds is 6. The molecule has 31 heavy (non-hydrogen) atoms. The number of piperazine rings is 1. The summed E-state index contributed by atoms with van der Waals surface area (Å²) in [5.74, 6) is 1.57. The Kier molecular flexibility index (Phi) is 5.55. The Morgan fingerprint density at radius 2 is 1.84 bits per heavy atom. The van der Waals surface area contributed by atoms with Crippen molar-refractivity contribution >= 4 is 10.9 Å². The van der Waals surface area contributed by atoms with Crippen LogP contribution in [-0.4, -0.2) is 68.3 Å². The standard InChI is InChI=1S/C26H31N3O2/c1-18-5-6-20-19(13-18)14-21-22-15-25(30-3)26(16-24(22)27-17-23(20)21)31-12-4-7-29-10-8-28(2)9-11-29/h5-6,13,15-17H,4,7-12,14H2,1-3H3. The summed E-state index contributed by atoms with van der Waals surface area (Å²) in [7, 11) is 3.91. The molecule has 0 unspecified atom stereocenters. The lowest BCUT2D eigenvalue weighted by molar-refractivity contribution is 0.145. The van der Waals surface area contributed by atoms with Crippen molar-refractivity contribution in [1.29, 1.82) is 0 Å². The van der Waals surface area contributed by atoms with E-state index in [1.807, 2.05) is 12.3 Å². The summed E-state index contributed by atoms with van der Waals surface area (Å²) >= 11 is 0. The number of nitrogens with zero attached hydrogens (tertiary/aromatic N) is 3. The molecule has 1 aromatic heterocycles. The Balaban J connectivity index is 1.32. The van der Waals surface area contributed by atoms with Gasteiger partial charge in [-0.15, -0.1) is 0 Å². The van der Waals surface area contributed by atoms with Gasteiger partial charge in [-0.2, -0.15) is 0 Å². The van der Waals surface area contributed by atoms with Gasteiger partial charge in [-0.3, -0.25) is 4.98 Å². The molecule has 0 N–H and O–H groups in total. The summed E-state index contributed by atoms with van der Waals surface area (Å²) in [5.41, 5.74) is 7.54. The maximum Gasteiger partial charge on any atom is 0.163 e. The van der Waals surface area contributed by atoms with Crippen LogP contribution in [-0.2, 0) is 6.42 Å². The van der Waals surface area contributed by atoms with E-state index < -0.39 is 0 Å². The second-order valence-electron chi connectivity index (χ2n) is 8.85. The monoisotopic (exact) mass is 417 g/mol. The molecule has 3 aromatic rings. The SMILES string of the molecule is COc1cc2c3c(cnc2cc1OCCCN1CCN(C)CC1)-c1ccc(C)cc1C3. The summed E-state index contributed by atoms with van der Waals surface area (Å²) < 4.78 is 11.8. The van der Waals surface area contributed by atoms with Crippen molar-refractivity contribution in [3.8, 4) is 22.6 Å². The predicted octanol–water partition coefficient (Wildman–Crippen LogP) is 4.14. The van der Waals surface area contributed by atoms with Gasteiger partial charge in [0.15, 0.2) is 11.5 Å². The van der Waals surface area contributed by atoms with Crippen LogP contribution >= 0.6 is 0 Å². The minimum atomic E-state index is 0.684. The fraction of sp³-hybridized carbons (Fsp3) is 0.423. The van der Waals surface area contributed by atoms with Crippen LogP contribution in [0.2, 0.25) is 0 Å². The fourth-order valence-corrected chi connectivity index (χ4v) is 4.81. The van der Waals surface area contributed by atoms with Gasteiger partial charge in [0.2, 0.25) is 0 Å². The molecule has 0 radical (unpaired) electrons. The first kappa shape index (κ1) is 20.3. The van der Waals surface area contributed by atoms with Crippen molar-refractivity contribution < 1.29 is 9.47 Å². The minimum Gasteiger partial charge on any atom is -0.493 e. The van der Waals surface area contributed by atoms with Crippen molar-refractivity contribution in [3.05, 3.63) is 53.2 Å². The summed E-state index contributed by atoms with van der Waals surface area (Å²) in [4.78, 5) is 9.67. The first-order valence-corrected chi connectivity index (χ1v) is 11.3. The molecule has 1 aliphatic carbocycles. The van der Waals surface area contributed by atoms with E-state index in [-0.39, 0.29) is 0 Å². The average molecular weight is 418 g/mol. The molecule has 2 heterocycles. The first-order valence-electron chi connectivity index (χ1n) is 11.3. The van der Waals surface area contributed by atoms with Crippen LogP contribution in [0.1, 0.15) is 23.1 Å². The van der Waals surface area contributed by atoms with Crippen LogP contribution < -0.4 is 9.47 Å². The topological polar surface area (TPSA) is 37.8 Å². The van der Waals surface area contributed by atoms with Gasteiger partial charge in [0.05, 0.1) is 19.2 Å². The van der Waals surface area contributed by atoms with Crippen molar-refractivity contribution in [2.24, 2.45) is 0 Å². The Morgan fingerprint density at radius 3 is 2.65 bits per heavy atom. The van der Waals surface area contributed by atoms with Gasteiger partial charge in [-0.25, -0.2) is 0 Å². The molecule has 2 aromatic carbocycles. The largest absolute Gasteiger partial charge is 0.493 e. The van der Waals surface area contributed by atoms with E-state index in [2.05, 4.69) is 48.0 Å². The van der Waals surface area contributed by atoms with Crippen molar-refractivity contribution in [1.82, 2.24) is 14.8 Å². The predicted molar refractivity (Wildman–Crippen MR) is 125 cm³/mol. The van der Waals surface area contributed by atoms with E-state index in [0.29, 0.717) is 6.61 Å². The zero-order chi connectivity index (χ0) is 21.4. The smallest absolute Gasteiger partial charge is 0.163 e. The van der Waals surface area contributed by atoms with Crippen LogP contribution in [0.25, 0.3) is 22.0 Å². The molecular weight excluding hydrogens is 386 g/mol. The van der Waals surface area contributed by atoms with Gasteiger partial charge >= 0.3 is 0 Å². The number of aryl methyl sites for hydroxylation is 1. The third kappa shape index (κ3) is 4.00. The Morgan fingerprint density at radius 1 is 1.00 bits per heavy atom. The number of methoxy groups -OCH3 is 1. The molecule has 162 valence electrons. The van der Waals surface area contributed by atoms with Crippen LogP contribution in [0.3, 0.4) is 0 Å². The van der Waals surface area contributed by atoms with Crippen molar-refractivity contribution in [2.45, 2.75) is 19.8 Å². The number of pyridine rings is 1. The van der Waals surface area contributed by atoms with Crippen molar-refractivity contribution in [3.63, 3.8) is 0 Å². The normalized spacial score (nSPS) is 16.4. The second-order valence-corrected chi connectivity index (χ2v) is 8.85. The summed E-state index contributed by atoms with van der Waals surface area (Å²) in [6, 6.07) is 10.8. The molecule has 0 atom stereocenters. The number of aromatic nitrogens is 1.